The fourth-order valence-electron chi connectivity index (χ4n) is 0.743. The second kappa shape index (κ2) is 3.27. The van der Waals surface area contributed by atoms with Crippen LogP contribution in [0.3, 0.4) is 0 Å². The van der Waals surface area contributed by atoms with Gasteiger partial charge in [0.2, 0.25) is 0 Å². The van der Waals surface area contributed by atoms with E-state index in [9.17, 15) is 4.48 Å². The average Bonchev–Trinajstić information content (AvgIpc) is 1.88. The summed E-state index contributed by atoms with van der Waals surface area (Å²) in [5.41, 5.74) is 0.882. The highest BCUT2D eigenvalue weighted by atomic mass is 19.2. The highest BCUT2D eigenvalue weighted by molar-refractivity contribution is 5.07. The maximum absolute atomic E-state index is 12.2. The molecule has 1 heterocycles. The molecular formula is C7H9FN2. The second-order valence-corrected chi connectivity index (χ2v) is 2.12. The standard InChI is InChI=1S/C7H9FN2/c1-10(8)6-7-3-2-4-9-5-7/h2-5H,6H2,1H3. The van der Waals surface area contributed by atoms with Crippen LogP contribution in [0.1, 0.15) is 5.56 Å². The van der Waals surface area contributed by atoms with Crippen LogP contribution < -0.4 is 0 Å². The van der Waals surface area contributed by atoms with Crippen molar-refractivity contribution in [3.8, 4) is 0 Å². The van der Waals surface area contributed by atoms with Crippen molar-refractivity contribution in [2.45, 2.75) is 6.54 Å². The van der Waals surface area contributed by atoms with Gasteiger partial charge in [0.05, 0.1) is 6.54 Å². The van der Waals surface area contributed by atoms with Gasteiger partial charge in [-0.25, -0.2) is 0 Å². The van der Waals surface area contributed by atoms with E-state index in [0.29, 0.717) is 11.7 Å². The summed E-state index contributed by atoms with van der Waals surface area (Å²) in [5.74, 6) is 0. The molecule has 0 aromatic carbocycles. The zero-order valence-corrected chi connectivity index (χ0v) is 5.79. The number of rotatable bonds is 2. The number of nitrogens with zero attached hydrogens (tertiary/aromatic N) is 2. The molecule has 0 amide bonds. The van der Waals surface area contributed by atoms with Gasteiger partial charge in [0.25, 0.3) is 0 Å². The molecule has 0 unspecified atom stereocenters. The van der Waals surface area contributed by atoms with Crippen molar-refractivity contribution >= 4 is 0 Å². The Labute approximate surface area is 59.2 Å². The molecule has 0 spiro atoms. The molecule has 0 radical (unpaired) electrons. The predicted molar refractivity (Wildman–Crippen MR) is 36.8 cm³/mol. The van der Waals surface area contributed by atoms with Gasteiger partial charge in [0.15, 0.2) is 0 Å². The highest BCUT2D eigenvalue weighted by Crippen LogP contribution is 1.99. The SMILES string of the molecule is CN(F)Cc1cccnc1. The van der Waals surface area contributed by atoms with Crippen LogP contribution in [-0.2, 0) is 6.54 Å². The Balaban J connectivity index is 2.59. The Morgan fingerprint density at radius 2 is 2.50 bits per heavy atom. The molecular weight excluding hydrogens is 131 g/mol. The second-order valence-electron chi connectivity index (χ2n) is 2.12. The molecule has 1 aromatic rings. The van der Waals surface area contributed by atoms with Crippen LogP contribution in [0.25, 0.3) is 0 Å². The number of hydrogen-bond acceptors (Lipinski definition) is 2. The van der Waals surface area contributed by atoms with Crippen LogP contribution in [0.2, 0.25) is 0 Å². The number of halogens is 1. The lowest BCUT2D eigenvalue weighted by Gasteiger charge is -2.02. The van der Waals surface area contributed by atoms with Gasteiger partial charge in [-0.3, -0.25) is 4.98 Å². The minimum absolute atomic E-state index is 0.299. The third-order valence-corrected chi connectivity index (χ3v) is 1.12. The third kappa shape index (κ3) is 2.11. The first-order valence-electron chi connectivity index (χ1n) is 3.05. The van der Waals surface area contributed by atoms with Crippen molar-refractivity contribution in [3.63, 3.8) is 0 Å². The van der Waals surface area contributed by atoms with Gasteiger partial charge in [-0.1, -0.05) is 6.07 Å². The van der Waals surface area contributed by atoms with Crippen molar-refractivity contribution in [1.29, 1.82) is 0 Å². The van der Waals surface area contributed by atoms with Gasteiger partial charge < -0.3 is 0 Å². The molecule has 2 nitrogen and oxygen atoms in total. The van der Waals surface area contributed by atoms with Crippen molar-refractivity contribution in [2.24, 2.45) is 0 Å². The van der Waals surface area contributed by atoms with E-state index >= 15 is 0 Å². The Bertz CT molecular complexity index is 186. The van der Waals surface area contributed by atoms with Crippen LogP contribution >= 0.6 is 0 Å². The Hall–Kier alpha value is -0.960. The molecule has 0 aliphatic carbocycles. The van der Waals surface area contributed by atoms with E-state index in [1.165, 1.54) is 7.05 Å². The molecule has 0 fully saturated rings. The summed E-state index contributed by atoms with van der Waals surface area (Å²) in [6.45, 7) is 0.299. The maximum Gasteiger partial charge on any atom is 0.0552 e. The first kappa shape index (κ1) is 7.15. The normalized spacial score (nSPS) is 10.3. The summed E-state index contributed by atoms with van der Waals surface area (Å²) < 4.78 is 12.2. The van der Waals surface area contributed by atoms with Gasteiger partial charge >= 0.3 is 0 Å². The molecule has 54 valence electrons. The maximum atomic E-state index is 12.2. The van der Waals surface area contributed by atoms with Gasteiger partial charge in [-0.15, -0.1) is 9.60 Å². The molecule has 0 saturated carbocycles. The lowest BCUT2D eigenvalue weighted by atomic mass is 10.3. The van der Waals surface area contributed by atoms with Crippen molar-refractivity contribution < 1.29 is 4.48 Å². The zero-order chi connectivity index (χ0) is 7.40. The first-order valence-corrected chi connectivity index (χ1v) is 3.05. The fraction of sp³-hybridized carbons (Fsp3) is 0.286. The van der Waals surface area contributed by atoms with E-state index in [1.54, 1.807) is 18.5 Å². The fourth-order valence-corrected chi connectivity index (χ4v) is 0.743. The molecule has 0 N–H and O–H groups in total. The van der Waals surface area contributed by atoms with Crippen LogP contribution in [0.4, 0.5) is 4.48 Å². The van der Waals surface area contributed by atoms with Crippen LogP contribution in [-0.4, -0.2) is 17.2 Å². The summed E-state index contributed by atoms with van der Waals surface area (Å²) in [6, 6.07) is 3.63. The molecule has 10 heavy (non-hydrogen) atoms. The van der Waals surface area contributed by atoms with Crippen molar-refractivity contribution in [3.05, 3.63) is 30.1 Å². The quantitative estimate of drug-likeness (QED) is 0.577. The third-order valence-electron chi connectivity index (χ3n) is 1.12. The molecule has 1 rings (SSSR count). The van der Waals surface area contributed by atoms with E-state index < -0.39 is 0 Å². The molecule has 0 aliphatic rings. The minimum Gasteiger partial charge on any atom is -0.264 e. The van der Waals surface area contributed by atoms with Crippen LogP contribution in [0, 0.1) is 0 Å². The van der Waals surface area contributed by atoms with Crippen LogP contribution in [0.15, 0.2) is 24.5 Å². The highest BCUT2D eigenvalue weighted by Gasteiger charge is 1.94. The van der Waals surface area contributed by atoms with Crippen molar-refractivity contribution in [2.75, 3.05) is 7.05 Å². The largest absolute Gasteiger partial charge is 0.264 e. The Morgan fingerprint density at radius 1 is 1.70 bits per heavy atom. The Kier molecular flexibility index (Phi) is 2.34. The smallest absolute Gasteiger partial charge is 0.0552 e. The van der Waals surface area contributed by atoms with E-state index in [2.05, 4.69) is 4.98 Å². The van der Waals surface area contributed by atoms with E-state index in [-0.39, 0.29) is 0 Å². The monoisotopic (exact) mass is 140 g/mol. The zero-order valence-electron chi connectivity index (χ0n) is 5.79. The summed E-state index contributed by atoms with van der Waals surface area (Å²) >= 11 is 0. The van der Waals surface area contributed by atoms with Gasteiger partial charge in [0.1, 0.15) is 0 Å². The minimum atomic E-state index is 0.299. The summed E-state index contributed by atoms with van der Waals surface area (Å²) in [6.07, 6.45) is 3.32. The number of aromatic nitrogens is 1. The molecule has 1 aromatic heterocycles. The first-order chi connectivity index (χ1) is 4.79. The van der Waals surface area contributed by atoms with E-state index in [1.807, 2.05) is 6.07 Å². The average molecular weight is 140 g/mol. The van der Waals surface area contributed by atoms with Gasteiger partial charge in [-0.2, -0.15) is 0 Å². The van der Waals surface area contributed by atoms with Crippen LogP contribution in [0.5, 0.6) is 0 Å². The predicted octanol–water partition coefficient (Wildman–Crippen LogP) is 1.40. The summed E-state index contributed by atoms with van der Waals surface area (Å²) in [5, 5.41) is 0.622. The number of pyridine rings is 1. The molecule has 0 saturated heterocycles. The van der Waals surface area contributed by atoms with Gasteiger partial charge in [-0.05, 0) is 11.6 Å². The summed E-state index contributed by atoms with van der Waals surface area (Å²) in [7, 11) is 1.38. The Morgan fingerprint density at radius 3 is 3.00 bits per heavy atom. The molecule has 0 atom stereocenters. The van der Waals surface area contributed by atoms with Crippen molar-refractivity contribution in [1.82, 2.24) is 10.1 Å². The number of hydrogen-bond donors (Lipinski definition) is 0. The molecule has 0 bridgehead atoms. The van der Waals surface area contributed by atoms with Gasteiger partial charge in [0, 0.05) is 19.4 Å². The lowest BCUT2D eigenvalue weighted by molar-refractivity contribution is 0.0505. The molecule has 3 heteroatoms. The summed E-state index contributed by atoms with van der Waals surface area (Å²) in [4.78, 5) is 3.84. The van der Waals surface area contributed by atoms with E-state index in [4.69, 9.17) is 0 Å². The van der Waals surface area contributed by atoms with E-state index in [0.717, 1.165) is 5.56 Å². The topological polar surface area (TPSA) is 16.1 Å². The lowest BCUT2D eigenvalue weighted by Crippen LogP contribution is -2.05. The molecule has 0 aliphatic heterocycles.